The molecule has 0 heterocycles. The van der Waals surface area contributed by atoms with Crippen molar-refractivity contribution in [3.05, 3.63) is 35.9 Å². The molecule has 2 unspecified atom stereocenters. The first-order chi connectivity index (χ1) is 6.14. The Balaban J connectivity index is 2.21. The largest absolute Gasteiger partial charge is 0.481 e. The summed E-state index contributed by atoms with van der Waals surface area (Å²) in [7, 11) is 0. The van der Waals surface area contributed by atoms with Gasteiger partial charge in [-0.3, -0.25) is 4.79 Å². The minimum absolute atomic E-state index is 0.214. The lowest BCUT2D eigenvalue weighted by Gasteiger charge is -2.04. The van der Waals surface area contributed by atoms with Gasteiger partial charge >= 0.3 is 5.97 Å². The molecule has 2 heteroatoms. The van der Waals surface area contributed by atoms with Crippen molar-refractivity contribution in [2.45, 2.75) is 19.3 Å². The molecule has 1 aromatic rings. The van der Waals surface area contributed by atoms with Gasteiger partial charge in [0.15, 0.2) is 0 Å². The van der Waals surface area contributed by atoms with E-state index < -0.39 is 11.4 Å². The molecule has 13 heavy (non-hydrogen) atoms. The van der Waals surface area contributed by atoms with E-state index in [1.807, 2.05) is 37.3 Å². The minimum atomic E-state index is -0.679. The summed E-state index contributed by atoms with van der Waals surface area (Å²) in [4.78, 5) is 10.9. The summed E-state index contributed by atoms with van der Waals surface area (Å²) in [6, 6.07) is 9.85. The lowest BCUT2D eigenvalue weighted by Crippen LogP contribution is -2.12. The van der Waals surface area contributed by atoms with Gasteiger partial charge in [-0.2, -0.15) is 0 Å². The molecular formula is C11H12O2. The third-order valence-electron chi connectivity index (χ3n) is 2.93. The summed E-state index contributed by atoms with van der Waals surface area (Å²) in [6.45, 7) is 1.81. The summed E-state index contributed by atoms with van der Waals surface area (Å²) in [5, 5.41) is 8.94. The van der Waals surface area contributed by atoms with Gasteiger partial charge in [0.25, 0.3) is 0 Å². The van der Waals surface area contributed by atoms with Crippen LogP contribution in [0.1, 0.15) is 24.8 Å². The third kappa shape index (κ3) is 1.22. The predicted molar refractivity (Wildman–Crippen MR) is 49.5 cm³/mol. The van der Waals surface area contributed by atoms with Gasteiger partial charge in [-0.15, -0.1) is 0 Å². The topological polar surface area (TPSA) is 37.3 Å². The Hall–Kier alpha value is -1.31. The summed E-state index contributed by atoms with van der Waals surface area (Å²) >= 11 is 0. The maximum Gasteiger partial charge on any atom is 0.309 e. The molecule has 0 saturated heterocycles. The number of carbonyl (C=O) groups is 1. The Morgan fingerprint density at radius 1 is 1.46 bits per heavy atom. The molecule has 1 aliphatic carbocycles. The van der Waals surface area contributed by atoms with Crippen LogP contribution in [0.25, 0.3) is 0 Å². The molecule has 0 aliphatic heterocycles. The van der Waals surface area contributed by atoms with Gasteiger partial charge in [0.05, 0.1) is 5.41 Å². The molecule has 0 aromatic heterocycles. The average molecular weight is 176 g/mol. The second-order valence-corrected chi connectivity index (χ2v) is 3.89. The van der Waals surface area contributed by atoms with Crippen molar-refractivity contribution in [3.63, 3.8) is 0 Å². The second kappa shape index (κ2) is 2.59. The van der Waals surface area contributed by atoms with E-state index in [0.29, 0.717) is 0 Å². The van der Waals surface area contributed by atoms with Crippen molar-refractivity contribution in [3.8, 4) is 0 Å². The molecule has 2 atom stereocenters. The summed E-state index contributed by atoms with van der Waals surface area (Å²) in [5.41, 5.74) is 0.633. The van der Waals surface area contributed by atoms with E-state index in [-0.39, 0.29) is 5.92 Å². The minimum Gasteiger partial charge on any atom is -0.481 e. The van der Waals surface area contributed by atoms with Crippen LogP contribution in [0.15, 0.2) is 30.3 Å². The van der Waals surface area contributed by atoms with E-state index >= 15 is 0 Å². The summed E-state index contributed by atoms with van der Waals surface area (Å²) in [5.74, 6) is -0.465. The van der Waals surface area contributed by atoms with Crippen LogP contribution in [0, 0.1) is 5.41 Å². The van der Waals surface area contributed by atoms with E-state index in [1.54, 1.807) is 0 Å². The fourth-order valence-electron chi connectivity index (χ4n) is 1.77. The maximum atomic E-state index is 10.9. The van der Waals surface area contributed by atoms with Crippen LogP contribution in [-0.2, 0) is 4.79 Å². The highest BCUT2D eigenvalue weighted by Gasteiger charge is 2.56. The molecule has 1 aromatic carbocycles. The van der Waals surface area contributed by atoms with E-state index in [1.165, 1.54) is 0 Å². The molecule has 0 radical (unpaired) electrons. The first-order valence-corrected chi connectivity index (χ1v) is 4.43. The number of hydrogen-bond acceptors (Lipinski definition) is 1. The zero-order valence-electron chi connectivity index (χ0n) is 7.53. The molecule has 1 N–H and O–H groups in total. The van der Waals surface area contributed by atoms with Crippen LogP contribution in [0.2, 0.25) is 0 Å². The molecule has 0 amide bonds. The molecule has 0 spiro atoms. The van der Waals surface area contributed by atoms with Gasteiger partial charge in [-0.05, 0) is 18.9 Å². The number of benzene rings is 1. The standard InChI is InChI=1S/C11H12O2/c1-11(10(12)13)7-9(11)8-5-3-2-4-6-8/h2-6,9H,7H2,1H3,(H,12,13). The molecule has 0 bridgehead atoms. The highest BCUT2D eigenvalue weighted by Crippen LogP contribution is 2.58. The van der Waals surface area contributed by atoms with Crippen LogP contribution in [0.5, 0.6) is 0 Å². The van der Waals surface area contributed by atoms with Crippen molar-refractivity contribution in [1.82, 2.24) is 0 Å². The zero-order chi connectivity index (χ0) is 9.47. The van der Waals surface area contributed by atoms with Crippen molar-refractivity contribution in [1.29, 1.82) is 0 Å². The molecule has 1 saturated carbocycles. The number of rotatable bonds is 2. The Morgan fingerprint density at radius 2 is 2.08 bits per heavy atom. The van der Waals surface area contributed by atoms with Gasteiger partial charge in [0, 0.05) is 5.92 Å². The lowest BCUT2D eigenvalue weighted by atomic mass is 10.0. The monoisotopic (exact) mass is 176 g/mol. The van der Waals surface area contributed by atoms with Gasteiger partial charge < -0.3 is 5.11 Å². The van der Waals surface area contributed by atoms with Crippen molar-refractivity contribution in [2.75, 3.05) is 0 Å². The first kappa shape index (κ1) is 8.30. The van der Waals surface area contributed by atoms with E-state index in [2.05, 4.69) is 0 Å². The molecule has 1 fully saturated rings. The van der Waals surface area contributed by atoms with Crippen LogP contribution < -0.4 is 0 Å². The summed E-state index contributed by atoms with van der Waals surface area (Å²) in [6.07, 6.45) is 0.770. The normalized spacial score (nSPS) is 31.3. The number of hydrogen-bond donors (Lipinski definition) is 1. The molecule has 1 aliphatic rings. The third-order valence-corrected chi connectivity index (χ3v) is 2.93. The SMILES string of the molecule is CC1(C(=O)O)CC1c1ccccc1. The Kier molecular flexibility index (Phi) is 1.65. The Morgan fingerprint density at radius 3 is 2.54 bits per heavy atom. The smallest absolute Gasteiger partial charge is 0.309 e. The van der Waals surface area contributed by atoms with Crippen LogP contribution >= 0.6 is 0 Å². The van der Waals surface area contributed by atoms with E-state index in [0.717, 1.165) is 12.0 Å². The van der Waals surface area contributed by atoms with Gasteiger partial charge in [-0.25, -0.2) is 0 Å². The average Bonchev–Trinajstić information content (AvgIpc) is 2.81. The van der Waals surface area contributed by atoms with Crippen LogP contribution in [-0.4, -0.2) is 11.1 Å². The fourth-order valence-corrected chi connectivity index (χ4v) is 1.77. The zero-order valence-corrected chi connectivity index (χ0v) is 7.53. The van der Waals surface area contributed by atoms with Crippen LogP contribution in [0.4, 0.5) is 0 Å². The van der Waals surface area contributed by atoms with Crippen molar-refractivity contribution in [2.24, 2.45) is 5.41 Å². The molecule has 68 valence electrons. The number of aliphatic carboxylic acids is 1. The highest BCUT2D eigenvalue weighted by atomic mass is 16.4. The Bertz CT molecular complexity index is 331. The lowest BCUT2D eigenvalue weighted by molar-refractivity contribution is -0.142. The predicted octanol–water partition coefficient (Wildman–Crippen LogP) is 2.26. The van der Waals surface area contributed by atoms with E-state index in [9.17, 15) is 4.79 Å². The van der Waals surface area contributed by atoms with Gasteiger partial charge in [-0.1, -0.05) is 30.3 Å². The summed E-state index contributed by atoms with van der Waals surface area (Å²) < 4.78 is 0. The van der Waals surface area contributed by atoms with Crippen molar-refractivity contribution >= 4 is 5.97 Å². The molecular weight excluding hydrogens is 164 g/mol. The first-order valence-electron chi connectivity index (χ1n) is 4.43. The van der Waals surface area contributed by atoms with Gasteiger partial charge in [0.2, 0.25) is 0 Å². The van der Waals surface area contributed by atoms with Gasteiger partial charge in [0.1, 0.15) is 0 Å². The molecule has 2 nitrogen and oxygen atoms in total. The second-order valence-electron chi connectivity index (χ2n) is 3.89. The quantitative estimate of drug-likeness (QED) is 0.750. The molecule has 2 rings (SSSR count). The fraction of sp³-hybridized carbons (Fsp3) is 0.364. The maximum absolute atomic E-state index is 10.9. The highest BCUT2D eigenvalue weighted by molar-refractivity contribution is 5.79. The van der Waals surface area contributed by atoms with Crippen molar-refractivity contribution < 1.29 is 9.90 Å². The van der Waals surface area contributed by atoms with E-state index in [4.69, 9.17) is 5.11 Å². The number of carboxylic acid groups (broad SMARTS) is 1. The Labute approximate surface area is 77.2 Å². The van der Waals surface area contributed by atoms with Crippen LogP contribution in [0.3, 0.4) is 0 Å². The number of carboxylic acids is 1.